The quantitative estimate of drug-likeness (QED) is 0.0195. The summed E-state index contributed by atoms with van der Waals surface area (Å²) >= 11 is 0. The van der Waals surface area contributed by atoms with Crippen LogP contribution in [0.3, 0.4) is 0 Å². The van der Waals surface area contributed by atoms with Gasteiger partial charge in [-0.3, -0.25) is 9.59 Å². The van der Waals surface area contributed by atoms with Gasteiger partial charge in [-0.1, -0.05) is 229 Å². The van der Waals surface area contributed by atoms with Gasteiger partial charge in [0.2, 0.25) is 0 Å². The number of ether oxygens (including phenoxy) is 4. The highest BCUT2D eigenvalue weighted by Gasteiger charge is 2.22. The van der Waals surface area contributed by atoms with Crippen molar-refractivity contribution in [1.29, 1.82) is 0 Å². The molecular weight excluding hydrogens is 887 g/mol. The molecule has 71 heavy (non-hydrogen) atoms. The number of carboxylic acids is 1. The molecule has 0 aromatic rings. The molecule has 0 spiro atoms. The Kier molecular flexibility index (Phi) is 51.0. The number of hydrogen-bond acceptors (Lipinski definition) is 8. The fraction of sp³-hybridized carbons (Fsp3) is 0.790. The first-order valence-corrected chi connectivity index (χ1v) is 29.4. The Balaban J connectivity index is 4.24. The second-order valence-electron chi connectivity index (χ2n) is 20.9. The fourth-order valence-electron chi connectivity index (χ4n) is 8.23. The van der Waals surface area contributed by atoms with E-state index in [0.717, 1.165) is 70.6 Å². The van der Waals surface area contributed by atoms with Crippen molar-refractivity contribution in [3.8, 4) is 0 Å². The number of carbonyl (C=O) groups excluding carboxylic acids is 3. The standard InChI is InChI=1S/C62H111NO8/c1-6-8-10-12-14-16-18-20-22-24-26-28-30-32-34-36-38-40-42-44-46-48-50-52-59(64)69-56-58(57-70-62(61(66)67)68-55-54-63(3,4)5)71-60(65)53-51-49-47-45-43-41-39-37-35-33-31-29-27-25-23-21-19-17-15-13-11-9-7-2/h9,11,15,17,21,23-24,26-27,29,58,62H,6-8,10,12-14,16,18-20,22,25,28,30-57H2,1-5H3/b11-9-,17-15-,23-21-,26-24-,29-27-. The fourth-order valence-corrected chi connectivity index (χ4v) is 8.23. The Hall–Kier alpha value is -3.01. The number of quaternary nitrogens is 1. The van der Waals surface area contributed by atoms with E-state index in [-0.39, 0.29) is 32.2 Å². The molecule has 0 aliphatic carbocycles. The van der Waals surface area contributed by atoms with E-state index in [1.54, 1.807) is 0 Å². The van der Waals surface area contributed by atoms with Gasteiger partial charge in [-0.2, -0.15) is 0 Å². The van der Waals surface area contributed by atoms with Crippen molar-refractivity contribution < 1.29 is 42.9 Å². The van der Waals surface area contributed by atoms with E-state index in [9.17, 15) is 19.5 Å². The summed E-state index contributed by atoms with van der Waals surface area (Å²) in [4.78, 5) is 37.3. The summed E-state index contributed by atoms with van der Waals surface area (Å²) in [5, 5.41) is 11.8. The highest BCUT2D eigenvalue weighted by Crippen LogP contribution is 2.16. The van der Waals surface area contributed by atoms with E-state index in [0.29, 0.717) is 23.9 Å². The van der Waals surface area contributed by atoms with Crippen molar-refractivity contribution in [3.05, 3.63) is 60.8 Å². The lowest BCUT2D eigenvalue weighted by atomic mass is 10.0. The van der Waals surface area contributed by atoms with Crippen molar-refractivity contribution in [2.75, 3.05) is 47.5 Å². The maximum absolute atomic E-state index is 12.9. The number of carbonyl (C=O) groups is 3. The van der Waals surface area contributed by atoms with Crippen LogP contribution in [0.2, 0.25) is 0 Å². The largest absolute Gasteiger partial charge is 0.545 e. The molecule has 0 aliphatic heterocycles. The van der Waals surface area contributed by atoms with Crippen molar-refractivity contribution in [2.45, 2.75) is 270 Å². The molecule has 0 heterocycles. The Labute approximate surface area is 437 Å². The molecule has 0 aromatic carbocycles. The first-order valence-electron chi connectivity index (χ1n) is 29.4. The number of likely N-dealkylation sites (N-methyl/N-ethyl adjacent to an activating group) is 1. The van der Waals surface area contributed by atoms with E-state index in [1.165, 1.54) is 154 Å². The van der Waals surface area contributed by atoms with Gasteiger partial charge in [0.1, 0.15) is 13.2 Å². The van der Waals surface area contributed by atoms with Crippen LogP contribution in [0.5, 0.6) is 0 Å². The van der Waals surface area contributed by atoms with Crippen LogP contribution in [0.1, 0.15) is 258 Å². The summed E-state index contributed by atoms with van der Waals surface area (Å²) in [6, 6.07) is 0. The smallest absolute Gasteiger partial charge is 0.306 e. The SMILES string of the molecule is CC/C=C\C/C=C\C/C=C\C/C=C\CCCCCCCCCCCCC(=O)OC(COC(=O)CCCCCCCCCCCCC/C=C\CCCCCCCCCC)COC(OCC[N+](C)(C)C)C(=O)[O-]. The van der Waals surface area contributed by atoms with Gasteiger partial charge in [0.05, 0.1) is 40.3 Å². The van der Waals surface area contributed by atoms with E-state index in [2.05, 4.69) is 74.6 Å². The predicted molar refractivity (Wildman–Crippen MR) is 297 cm³/mol. The van der Waals surface area contributed by atoms with Crippen molar-refractivity contribution in [3.63, 3.8) is 0 Å². The molecule has 0 radical (unpaired) electrons. The minimum Gasteiger partial charge on any atom is -0.545 e. The number of unbranched alkanes of at least 4 members (excludes halogenated alkanes) is 29. The average molecular weight is 999 g/mol. The number of carboxylic acid groups (broad SMARTS) is 1. The van der Waals surface area contributed by atoms with Crippen LogP contribution in [0.25, 0.3) is 0 Å². The second-order valence-corrected chi connectivity index (χ2v) is 20.9. The van der Waals surface area contributed by atoms with Gasteiger partial charge in [0.15, 0.2) is 12.4 Å². The van der Waals surface area contributed by atoms with Gasteiger partial charge in [-0.15, -0.1) is 0 Å². The first-order chi connectivity index (χ1) is 34.6. The highest BCUT2D eigenvalue weighted by molar-refractivity contribution is 5.70. The van der Waals surface area contributed by atoms with E-state index < -0.39 is 24.3 Å². The molecule has 412 valence electrons. The highest BCUT2D eigenvalue weighted by atomic mass is 16.7. The Morgan fingerprint density at radius 2 is 0.803 bits per heavy atom. The third kappa shape index (κ3) is 54.6. The molecule has 0 bridgehead atoms. The zero-order chi connectivity index (χ0) is 52.0. The summed E-state index contributed by atoms with van der Waals surface area (Å²) in [5.41, 5.74) is 0. The van der Waals surface area contributed by atoms with Crippen LogP contribution in [0.4, 0.5) is 0 Å². The number of esters is 2. The number of nitrogens with zero attached hydrogens (tertiary/aromatic N) is 1. The van der Waals surface area contributed by atoms with Crippen LogP contribution in [0.15, 0.2) is 60.8 Å². The molecule has 0 rings (SSSR count). The predicted octanol–water partition coefficient (Wildman–Crippen LogP) is 15.9. The molecule has 0 aromatic heterocycles. The molecule has 0 saturated heterocycles. The second kappa shape index (κ2) is 53.3. The molecule has 0 amide bonds. The van der Waals surface area contributed by atoms with Crippen molar-refractivity contribution >= 4 is 17.9 Å². The van der Waals surface area contributed by atoms with Crippen LogP contribution < -0.4 is 5.11 Å². The molecule has 0 saturated carbocycles. The summed E-state index contributed by atoms with van der Waals surface area (Å²) in [7, 11) is 5.92. The molecule has 2 unspecified atom stereocenters. The average Bonchev–Trinajstić information content (AvgIpc) is 3.34. The summed E-state index contributed by atoms with van der Waals surface area (Å²) in [6.45, 7) is 4.65. The minimum absolute atomic E-state index is 0.145. The van der Waals surface area contributed by atoms with Crippen molar-refractivity contribution in [1.82, 2.24) is 0 Å². The van der Waals surface area contributed by atoms with E-state index in [4.69, 9.17) is 18.9 Å². The van der Waals surface area contributed by atoms with Gasteiger partial charge in [0.25, 0.3) is 0 Å². The monoisotopic (exact) mass is 998 g/mol. The Morgan fingerprint density at radius 1 is 0.437 bits per heavy atom. The number of allylic oxidation sites excluding steroid dienone is 10. The van der Waals surface area contributed by atoms with Gasteiger partial charge in [-0.05, 0) is 77.0 Å². The molecule has 9 nitrogen and oxygen atoms in total. The molecule has 0 fully saturated rings. The Morgan fingerprint density at radius 3 is 1.21 bits per heavy atom. The van der Waals surface area contributed by atoms with Crippen molar-refractivity contribution in [2.24, 2.45) is 0 Å². The number of aliphatic carboxylic acids is 1. The summed E-state index contributed by atoms with van der Waals surface area (Å²) < 4.78 is 22.7. The lowest BCUT2D eigenvalue weighted by Crippen LogP contribution is -2.44. The normalized spacial score (nSPS) is 13.2. The summed E-state index contributed by atoms with van der Waals surface area (Å²) in [5.74, 6) is -2.28. The third-order valence-corrected chi connectivity index (χ3v) is 12.7. The van der Waals surface area contributed by atoms with Gasteiger partial charge in [-0.25, -0.2) is 0 Å². The van der Waals surface area contributed by atoms with Gasteiger partial charge >= 0.3 is 11.9 Å². The van der Waals surface area contributed by atoms with Crippen LogP contribution in [0, 0.1) is 0 Å². The van der Waals surface area contributed by atoms with E-state index in [1.807, 2.05) is 21.1 Å². The van der Waals surface area contributed by atoms with Crippen LogP contribution in [-0.2, 0) is 33.3 Å². The maximum Gasteiger partial charge on any atom is 0.306 e. The van der Waals surface area contributed by atoms with Crippen LogP contribution in [-0.4, -0.2) is 82.3 Å². The molecule has 0 N–H and O–H groups in total. The maximum atomic E-state index is 12.9. The number of hydrogen-bond donors (Lipinski definition) is 0. The number of rotatable bonds is 54. The summed E-state index contributed by atoms with van der Waals surface area (Å²) in [6.07, 6.45) is 64.1. The molecular formula is C62H111NO8. The minimum atomic E-state index is -1.62. The van der Waals surface area contributed by atoms with Gasteiger partial charge < -0.3 is 33.3 Å². The topological polar surface area (TPSA) is 111 Å². The Bertz CT molecular complexity index is 1350. The van der Waals surface area contributed by atoms with E-state index >= 15 is 0 Å². The lowest BCUT2D eigenvalue weighted by Gasteiger charge is -2.26. The first kappa shape index (κ1) is 68.0. The molecule has 9 heteroatoms. The molecule has 0 aliphatic rings. The zero-order valence-electron chi connectivity index (χ0n) is 46.8. The zero-order valence-corrected chi connectivity index (χ0v) is 46.8. The van der Waals surface area contributed by atoms with Crippen LogP contribution >= 0.6 is 0 Å². The third-order valence-electron chi connectivity index (χ3n) is 12.7. The van der Waals surface area contributed by atoms with Gasteiger partial charge in [0, 0.05) is 12.8 Å². The molecule has 2 atom stereocenters. The lowest BCUT2D eigenvalue weighted by molar-refractivity contribution is -0.870.